The maximum atomic E-state index is 12.7. The largest absolute Gasteiger partial charge is 0.484 e. The summed E-state index contributed by atoms with van der Waals surface area (Å²) in [5, 5.41) is 0. The van der Waals surface area contributed by atoms with Crippen LogP contribution in [0.5, 0.6) is 5.75 Å². The van der Waals surface area contributed by atoms with Gasteiger partial charge in [0.1, 0.15) is 5.75 Å². The van der Waals surface area contributed by atoms with Crippen LogP contribution in [-0.4, -0.2) is 56.3 Å². The second-order valence-corrected chi connectivity index (χ2v) is 9.21. The SMILES string of the molecule is O=C(COc1ccc(-c2ccccc2)cc1)N1CCN(S(=O)(=O)c2ccccc2)CC1. The average Bonchev–Trinajstić information content (AvgIpc) is 2.84. The maximum absolute atomic E-state index is 12.7. The van der Waals surface area contributed by atoms with Crippen molar-refractivity contribution in [3.63, 3.8) is 0 Å². The van der Waals surface area contributed by atoms with Gasteiger partial charge in [-0.15, -0.1) is 0 Å². The Morgan fingerprint density at radius 2 is 1.29 bits per heavy atom. The van der Waals surface area contributed by atoms with Crippen LogP contribution in [0.25, 0.3) is 11.1 Å². The van der Waals surface area contributed by atoms with Gasteiger partial charge in [-0.25, -0.2) is 8.42 Å². The molecule has 0 N–H and O–H groups in total. The Bertz CT molecular complexity index is 1110. The molecule has 1 heterocycles. The van der Waals surface area contributed by atoms with Crippen LogP contribution in [0.3, 0.4) is 0 Å². The molecule has 31 heavy (non-hydrogen) atoms. The molecule has 1 amide bonds. The van der Waals surface area contributed by atoms with Crippen molar-refractivity contribution in [3.05, 3.63) is 84.9 Å². The first-order valence-electron chi connectivity index (χ1n) is 10.2. The van der Waals surface area contributed by atoms with E-state index in [0.29, 0.717) is 18.8 Å². The van der Waals surface area contributed by atoms with Crippen molar-refractivity contribution < 1.29 is 17.9 Å². The van der Waals surface area contributed by atoms with Gasteiger partial charge in [0.15, 0.2) is 6.61 Å². The fourth-order valence-corrected chi connectivity index (χ4v) is 4.97. The number of hydrogen-bond donors (Lipinski definition) is 0. The quantitative estimate of drug-likeness (QED) is 0.595. The number of hydrogen-bond acceptors (Lipinski definition) is 4. The van der Waals surface area contributed by atoms with Gasteiger partial charge in [0.2, 0.25) is 10.0 Å². The number of rotatable bonds is 6. The smallest absolute Gasteiger partial charge is 0.260 e. The molecule has 160 valence electrons. The van der Waals surface area contributed by atoms with E-state index in [-0.39, 0.29) is 30.5 Å². The lowest BCUT2D eigenvalue weighted by atomic mass is 10.1. The van der Waals surface area contributed by atoms with Gasteiger partial charge in [-0.05, 0) is 35.4 Å². The first-order valence-corrected chi connectivity index (χ1v) is 11.6. The number of amides is 1. The molecule has 1 aliphatic heterocycles. The van der Waals surface area contributed by atoms with E-state index in [1.165, 1.54) is 4.31 Å². The second-order valence-electron chi connectivity index (χ2n) is 7.28. The summed E-state index contributed by atoms with van der Waals surface area (Å²) in [6.07, 6.45) is 0. The van der Waals surface area contributed by atoms with E-state index in [1.807, 2.05) is 54.6 Å². The van der Waals surface area contributed by atoms with Crippen molar-refractivity contribution in [2.24, 2.45) is 0 Å². The van der Waals surface area contributed by atoms with Gasteiger partial charge >= 0.3 is 0 Å². The Morgan fingerprint density at radius 1 is 0.742 bits per heavy atom. The summed E-state index contributed by atoms with van der Waals surface area (Å²) in [5.74, 6) is 0.474. The predicted octanol–water partition coefficient (Wildman–Crippen LogP) is 3.27. The zero-order valence-electron chi connectivity index (χ0n) is 17.1. The minimum atomic E-state index is -3.53. The van der Waals surface area contributed by atoms with Gasteiger partial charge in [0.25, 0.3) is 5.91 Å². The summed E-state index contributed by atoms with van der Waals surface area (Å²) in [6.45, 7) is 1.17. The molecule has 0 aromatic heterocycles. The lowest BCUT2D eigenvalue weighted by molar-refractivity contribution is -0.134. The fraction of sp³-hybridized carbons (Fsp3) is 0.208. The molecule has 6 nitrogen and oxygen atoms in total. The van der Waals surface area contributed by atoms with Crippen LogP contribution in [0, 0.1) is 0 Å². The fourth-order valence-electron chi connectivity index (χ4n) is 3.53. The van der Waals surface area contributed by atoms with Crippen LogP contribution in [-0.2, 0) is 14.8 Å². The Balaban J connectivity index is 1.29. The molecule has 7 heteroatoms. The molecule has 3 aromatic carbocycles. The highest BCUT2D eigenvalue weighted by Gasteiger charge is 2.30. The third kappa shape index (κ3) is 4.95. The van der Waals surface area contributed by atoms with E-state index < -0.39 is 10.0 Å². The van der Waals surface area contributed by atoms with Gasteiger partial charge in [0.05, 0.1) is 4.90 Å². The van der Waals surface area contributed by atoms with Crippen molar-refractivity contribution in [1.29, 1.82) is 0 Å². The van der Waals surface area contributed by atoms with E-state index in [4.69, 9.17) is 4.74 Å². The van der Waals surface area contributed by atoms with E-state index in [9.17, 15) is 13.2 Å². The molecule has 0 saturated carbocycles. The second kappa shape index (κ2) is 9.32. The van der Waals surface area contributed by atoms with Gasteiger partial charge in [0, 0.05) is 26.2 Å². The Labute approximate surface area is 182 Å². The van der Waals surface area contributed by atoms with Gasteiger partial charge < -0.3 is 9.64 Å². The Morgan fingerprint density at radius 3 is 1.90 bits per heavy atom. The van der Waals surface area contributed by atoms with E-state index in [0.717, 1.165) is 11.1 Å². The Hall–Kier alpha value is -3.16. The van der Waals surface area contributed by atoms with Crippen LogP contribution >= 0.6 is 0 Å². The van der Waals surface area contributed by atoms with Crippen LogP contribution in [0.1, 0.15) is 0 Å². The lowest BCUT2D eigenvalue weighted by Crippen LogP contribution is -2.51. The highest BCUT2D eigenvalue weighted by molar-refractivity contribution is 7.89. The standard InChI is InChI=1S/C24H24N2O4S/c27-24(19-30-22-13-11-21(12-14-22)20-7-3-1-4-8-20)25-15-17-26(18-16-25)31(28,29)23-9-5-2-6-10-23/h1-14H,15-19H2. The summed E-state index contributed by atoms with van der Waals surface area (Å²) in [6, 6.07) is 26.0. The van der Waals surface area contributed by atoms with Crippen molar-refractivity contribution in [2.45, 2.75) is 4.90 Å². The average molecular weight is 437 g/mol. The normalized spacial score (nSPS) is 14.9. The molecule has 0 aliphatic carbocycles. The first-order chi connectivity index (χ1) is 15.0. The minimum Gasteiger partial charge on any atom is -0.484 e. The molecule has 0 radical (unpaired) electrons. The topological polar surface area (TPSA) is 66.9 Å². The molecule has 0 unspecified atom stereocenters. The van der Waals surface area contributed by atoms with Crippen molar-refractivity contribution >= 4 is 15.9 Å². The number of ether oxygens (including phenoxy) is 1. The molecule has 1 saturated heterocycles. The summed E-state index contributed by atoms with van der Waals surface area (Å²) in [4.78, 5) is 14.4. The summed E-state index contributed by atoms with van der Waals surface area (Å²) in [7, 11) is -3.53. The molecule has 4 rings (SSSR count). The third-order valence-corrected chi connectivity index (χ3v) is 7.21. The molecule has 0 spiro atoms. The van der Waals surface area contributed by atoms with Crippen LogP contribution < -0.4 is 4.74 Å². The van der Waals surface area contributed by atoms with Crippen LogP contribution in [0.4, 0.5) is 0 Å². The van der Waals surface area contributed by atoms with Crippen molar-refractivity contribution in [2.75, 3.05) is 32.8 Å². The van der Waals surface area contributed by atoms with Crippen molar-refractivity contribution in [3.8, 4) is 16.9 Å². The monoisotopic (exact) mass is 436 g/mol. The predicted molar refractivity (Wildman–Crippen MR) is 119 cm³/mol. The molecule has 0 bridgehead atoms. The number of carbonyl (C=O) groups excluding carboxylic acids is 1. The van der Waals surface area contributed by atoms with Crippen LogP contribution in [0.15, 0.2) is 89.8 Å². The molecular formula is C24H24N2O4S. The molecule has 3 aromatic rings. The highest BCUT2D eigenvalue weighted by atomic mass is 32.2. The number of benzene rings is 3. The number of piperazine rings is 1. The van der Waals surface area contributed by atoms with Gasteiger partial charge in [-0.1, -0.05) is 60.7 Å². The Kier molecular flexibility index (Phi) is 6.34. The maximum Gasteiger partial charge on any atom is 0.260 e. The number of carbonyl (C=O) groups is 1. The summed E-state index contributed by atoms with van der Waals surface area (Å²) in [5.41, 5.74) is 2.20. The number of sulfonamides is 1. The lowest BCUT2D eigenvalue weighted by Gasteiger charge is -2.33. The summed E-state index contributed by atoms with van der Waals surface area (Å²) >= 11 is 0. The molecule has 1 fully saturated rings. The van der Waals surface area contributed by atoms with Crippen LogP contribution in [0.2, 0.25) is 0 Å². The highest BCUT2D eigenvalue weighted by Crippen LogP contribution is 2.22. The number of nitrogens with zero attached hydrogens (tertiary/aromatic N) is 2. The minimum absolute atomic E-state index is 0.0733. The van der Waals surface area contributed by atoms with E-state index in [2.05, 4.69) is 0 Å². The van der Waals surface area contributed by atoms with Gasteiger partial charge in [-0.2, -0.15) is 4.31 Å². The summed E-state index contributed by atoms with van der Waals surface area (Å²) < 4.78 is 32.5. The van der Waals surface area contributed by atoms with E-state index >= 15 is 0 Å². The third-order valence-electron chi connectivity index (χ3n) is 5.30. The van der Waals surface area contributed by atoms with Crippen molar-refractivity contribution in [1.82, 2.24) is 9.21 Å². The zero-order valence-corrected chi connectivity index (χ0v) is 17.9. The molecule has 1 aliphatic rings. The first kappa shape index (κ1) is 21.1. The van der Waals surface area contributed by atoms with Gasteiger partial charge in [-0.3, -0.25) is 4.79 Å². The molecule has 0 atom stereocenters. The zero-order chi connectivity index (χ0) is 21.7. The van der Waals surface area contributed by atoms with E-state index in [1.54, 1.807) is 35.2 Å². The molecular weight excluding hydrogens is 412 g/mol.